The fourth-order valence-electron chi connectivity index (χ4n) is 3.92. The molecule has 0 unspecified atom stereocenters. The van der Waals surface area contributed by atoms with Gasteiger partial charge in [-0.05, 0) is 64.7 Å². The predicted octanol–water partition coefficient (Wildman–Crippen LogP) is 3.82. The maximum absolute atomic E-state index is 12.4. The van der Waals surface area contributed by atoms with E-state index in [-0.39, 0.29) is 11.5 Å². The van der Waals surface area contributed by atoms with Crippen molar-refractivity contribution in [3.63, 3.8) is 0 Å². The zero-order valence-electron chi connectivity index (χ0n) is 17.2. The van der Waals surface area contributed by atoms with Crippen LogP contribution in [0.25, 0.3) is 0 Å². The Balaban J connectivity index is 1.49. The summed E-state index contributed by atoms with van der Waals surface area (Å²) < 4.78 is 11.7. The van der Waals surface area contributed by atoms with E-state index in [1.807, 2.05) is 25.7 Å². The van der Waals surface area contributed by atoms with Gasteiger partial charge in [0.25, 0.3) is 0 Å². The number of nitrogens with one attached hydrogen (secondary N) is 1. The van der Waals surface area contributed by atoms with E-state index in [0.29, 0.717) is 6.04 Å². The molecule has 5 heteroatoms. The molecular formula is C21H38N2O3. The third-order valence-electron chi connectivity index (χ3n) is 6.31. The molecule has 1 saturated heterocycles. The molecule has 1 aliphatic heterocycles. The molecule has 0 aromatic carbocycles. The van der Waals surface area contributed by atoms with Crippen LogP contribution in [0.3, 0.4) is 0 Å². The summed E-state index contributed by atoms with van der Waals surface area (Å²) in [5, 5.41) is 3.75. The molecule has 150 valence electrons. The largest absolute Gasteiger partial charge is 0.444 e. The summed E-state index contributed by atoms with van der Waals surface area (Å²) in [6, 6.07) is 0.683. The summed E-state index contributed by atoms with van der Waals surface area (Å²) in [4.78, 5) is 14.2. The van der Waals surface area contributed by atoms with Gasteiger partial charge in [0, 0.05) is 37.7 Å². The van der Waals surface area contributed by atoms with Crippen molar-refractivity contribution in [3.8, 4) is 0 Å². The van der Waals surface area contributed by atoms with E-state index in [0.717, 1.165) is 57.5 Å². The van der Waals surface area contributed by atoms with Gasteiger partial charge < -0.3 is 19.7 Å². The molecule has 1 amide bonds. The second kappa shape index (κ2) is 8.05. The highest BCUT2D eigenvalue weighted by atomic mass is 16.6. The van der Waals surface area contributed by atoms with Gasteiger partial charge in [-0.1, -0.05) is 13.3 Å². The van der Waals surface area contributed by atoms with Gasteiger partial charge in [-0.3, -0.25) is 0 Å². The third-order valence-corrected chi connectivity index (χ3v) is 6.31. The summed E-state index contributed by atoms with van der Waals surface area (Å²) >= 11 is 0. The molecule has 2 atom stereocenters. The molecule has 2 saturated carbocycles. The number of piperidine rings is 1. The van der Waals surface area contributed by atoms with Crippen LogP contribution in [0.4, 0.5) is 4.79 Å². The van der Waals surface area contributed by atoms with E-state index in [1.54, 1.807) is 0 Å². The molecule has 3 fully saturated rings. The lowest BCUT2D eigenvalue weighted by atomic mass is 9.78. The van der Waals surface area contributed by atoms with E-state index in [4.69, 9.17) is 9.47 Å². The number of carbonyl (C=O) groups excluding carboxylic acids is 1. The first kappa shape index (κ1) is 19.9. The van der Waals surface area contributed by atoms with E-state index in [1.165, 1.54) is 25.7 Å². The maximum Gasteiger partial charge on any atom is 0.410 e. The van der Waals surface area contributed by atoms with Crippen molar-refractivity contribution in [2.75, 3.05) is 32.8 Å². The number of hydrogen-bond acceptors (Lipinski definition) is 4. The van der Waals surface area contributed by atoms with Crippen LogP contribution in [0.2, 0.25) is 0 Å². The van der Waals surface area contributed by atoms with Crippen molar-refractivity contribution in [1.82, 2.24) is 10.2 Å². The van der Waals surface area contributed by atoms with Gasteiger partial charge >= 0.3 is 6.09 Å². The number of amides is 1. The average Bonchev–Trinajstić information content (AvgIpc) is 3.23. The summed E-state index contributed by atoms with van der Waals surface area (Å²) in [6.45, 7) is 12.4. The second-order valence-electron chi connectivity index (χ2n) is 9.98. The van der Waals surface area contributed by atoms with E-state index in [2.05, 4.69) is 12.2 Å². The lowest BCUT2D eigenvalue weighted by molar-refractivity contribution is -0.0286. The smallest absolute Gasteiger partial charge is 0.410 e. The van der Waals surface area contributed by atoms with Crippen molar-refractivity contribution in [1.29, 1.82) is 0 Å². The molecule has 3 rings (SSSR count). The summed E-state index contributed by atoms with van der Waals surface area (Å²) in [5.74, 6) is 1.59. The van der Waals surface area contributed by atoms with Gasteiger partial charge in [0.15, 0.2) is 0 Å². The van der Waals surface area contributed by atoms with Gasteiger partial charge in [-0.2, -0.15) is 0 Å². The maximum atomic E-state index is 12.4. The molecule has 0 bridgehead atoms. The van der Waals surface area contributed by atoms with Crippen LogP contribution in [-0.2, 0) is 9.47 Å². The second-order valence-corrected chi connectivity index (χ2v) is 9.98. The van der Waals surface area contributed by atoms with Crippen LogP contribution in [0, 0.1) is 17.3 Å². The van der Waals surface area contributed by atoms with Crippen LogP contribution in [0.5, 0.6) is 0 Å². The van der Waals surface area contributed by atoms with Crippen LogP contribution >= 0.6 is 0 Å². The van der Waals surface area contributed by atoms with Gasteiger partial charge in [-0.15, -0.1) is 0 Å². The lowest BCUT2D eigenvalue weighted by Crippen LogP contribution is -2.50. The first-order chi connectivity index (χ1) is 12.3. The highest BCUT2D eigenvalue weighted by molar-refractivity contribution is 5.68. The highest BCUT2D eigenvalue weighted by Crippen LogP contribution is 2.36. The molecule has 3 aliphatic rings. The number of likely N-dealkylation sites (tertiary alicyclic amines) is 1. The summed E-state index contributed by atoms with van der Waals surface area (Å²) in [5.41, 5.74) is -0.272. The predicted molar refractivity (Wildman–Crippen MR) is 103 cm³/mol. The Hall–Kier alpha value is -0.810. The summed E-state index contributed by atoms with van der Waals surface area (Å²) in [6.07, 6.45) is 7.13. The highest BCUT2D eigenvalue weighted by Gasteiger charge is 2.40. The molecule has 5 nitrogen and oxygen atoms in total. The Morgan fingerprint density at radius 1 is 1.23 bits per heavy atom. The lowest BCUT2D eigenvalue weighted by Gasteiger charge is -2.42. The van der Waals surface area contributed by atoms with Crippen LogP contribution < -0.4 is 5.32 Å². The third kappa shape index (κ3) is 5.59. The molecule has 0 radical (unpaired) electrons. The van der Waals surface area contributed by atoms with Crippen molar-refractivity contribution < 1.29 is 14.3 Å². The minimum atomic E-state index is -0.429. The van der Waals surface area contributed by atoms with E-state index in [9.17, 15) is 4.79 Å². The molecule has 1 N–H and O–H groups in total. The molecule has 2 aliphatic carbocycles. The van der Waals surface area contributed by atoms with Crippen molar-refractivity contribution in [3.05, 3.63) is 0 Å². The zero-order chi connectivity index (χ0) is 18.8. The van der Waals surface area contributed by atoms with Crippen molar-refractivity contribution in [2.24, 2.45) is 17.3 Å². The molecule has 1 heterocycles. The molecular weight excluding hydrogens is 328 g/mol. The van der Waals surface area contributed by atoms with Gasteiger partial charge in [-0.25, -0.2) is 4.79 Å². The minimum Gasteiger partial charge on any atom is -0.444 e. The normalized spacial score (nSPS) is 28.5. The fraction of sp³-hybridized carbons (Fsp3) is 0.952. The molecule has 0 aromatic heterocycles. The number of ether oxygens (including phenoxy) is 2. The van der Waals surface area contributed by atoms with Crippen LogP contribution in [-0.4, -0.2) is 55.5 Å². The standard InChI is InChI=1S/C21H38N2O3/c1-16-12-18(16)22-14-21(15-25-13-17-6-5-7-17)8-10-23(11-9-21)19(24)26-20(2,3)4/h16-18,22H,5-15H2,1-4H3/t16-,18-/m1/s1. The Bertz CT molecular complexity index is 476. The Labute approximate surface area is 159 Å². The van der Waals surface area contributed by atoms with Crippen molar-refractivity contribution >= 4 is 6.09 Å². The van der Waals surface area contributed by atoms with Gasteiger partial charge in [0.1, 0.15) is 5.60 Å². The fourth-order valence-corrected chi connectivity index (χ4v) is 3.92. The Morgan fingerprint density at radius 3 is 2.38 bits per heavy atom. The molecule has 0 spiro atoms. The van der Waals surface area contributed by atoms with E-state index < -0.39 is 5.60 Å². The summed E-state index contributed by atoms with van der Waals surface area (Å²) in [7, 11) is 0. The van der Waals surface area contributed by atoms with Crippen molar-refractivity contribution in [2.45, 2.75) is 77.9 Å². The Morgan fingerprint density at radius 2 is 1.88 bits per heavy atom. The first-order valence-corrected chi connectivity index (χ1v) is 10.6. The molecule has 26 heavy (non-hydrogen) atoms. The number of nitrogens with zero attached hydrogens (tertiary/aromatic N) is 1. The van der Waals surface area contributed by atoms with Gasteiger partial charge in [0.05, 0.1) is 6.61 Å². The zero-order valence-corrected chi connectivity index (χ0v) is 17.2. The first-order valence-electron chi connectivity index (χ1n) is 10.6. The number of rotatable bonds is 7. The quantitative estimate of drug-likeness (QED) is 0.744. The van der Waals surface area contributed by atoms with Gasteiger partial charge in [0.2, 0.25) is 0 Å². The van der Waals surface area contributed by atoms with Crippen LogP contribution in [0.15, 0.2) is 0 Å². The average molecular weight is 367 g/mol. The van der Waals surface area contributed by atoms with Crippen LogP contribution in [0.1, 0.15) is 66.2 Å². The minimum absolute atomic E-state index is 0.157. The SMILES string of the molecule is C[C@@H]1C[C@H]1NCC1(COCC2CCC2)CCN(C(=O)OC(C)(C)C)CC1. The number of hydrogen-bond donors (Lipinski definition) is 1. The monoisotopic (exact) mass is 366 g/mol. The Kier molecular flexibility index (Phi) is 6.18. The topological polar surface area (TPSA) is 50.8 Å². The molecule has 0 aromatic rings. The number of carbonyl (C=O) groups is 1. The van der Waals surface area contributed by atoms with E-state index >= 15 is 0 Å².